The average Bonchev–Trinajstić information content (AvgIpc) is 3.17. The first-order valence-corrected chi connectivity index (χ1v) is 7.84. The number of aromatic nitrogens is 3. The van der Waals surface area contributed by atoms with Crippen LogP contribution >= 0.6 is 0 Å². The molecule has 0 bridgehead atoms. The first kappa shape index (κ1) is 16.6. The van der Waals surface area contributed by atoms with Crippen molar-refractivity contribution in [1.82, 2.24) is 19.9 Å². The van der Waals surface area contributed by atoms with Crippen molar-refractivity contribution < 1.29 is 13.9 Å². The molecule has 1 amide bonds. The second-order valence-corrected chi connectivity index (χ2v) is 5.26. The van der Waals surface area contributed by atoms with Gasteiger partial charge in [-0.05, 0) is 30.7 Å². The van der Waals surface area contributed by atoms with Gasteiger partial charge in [0.2, 0.25) is 0 Å². The lowest BCUT2D eigenvalue weighted by molar-refractivity contribution is 0.0951. The minimum absolute atomic E-state index is 0.199. The van der Waals surface area contributed by atoms with Crippen molar-refractivity contribution in [3.05, 3.63) is 72.7 Å². The van der Waals surface area contributed by atoms with E-state index in [1.807, 2.05) is 0 Å². The Kier molecular flexibility index (Phi) is 5.36. The van der Waals surface area contributed by atoms with Gasteiger partial charge in [0.15, 0.2) is 11.6 Å². The highest BCUT2D eigenvalue weighted by molar-refractivity contribution is 5.94. The van der Waals surface area contributed by atoms with Gasteiger partial charge in [0.25, 0.3) is 5.91 Å². The minimum atomic E-state index is -0.393. The highest BCUT2D eigenvalue weighted by Crippen LogP contribution is 2.15. The van der Waals surface area contributed by atoms with E-state index in [4.69, 9.17) is 4.74 Å². The van der Waals surface area contributed by atoms with Crippen LogP contribution in [0, 0.1) is 5.82 Å². The Bertz CT molecular complexity index is 837. The third-order valence-electron chi connectivity index (χ3n) is 3.48. The Morgan fingerprint density at radius 1 is 1.24 bits per heavy atom. The molecule has 0 unspecified atom stereocenters. The molecule has 0 aliphatic rings. The van der Waals surface area contributed by atoms with E-state index in [9.17, 15) is 9.18 Å². The maximum absolute atomic E-state index is 13.4. The molecule has 0 spiro atoms. The zero-order valence-electron chi connectivity index (χ0n) is 13.4. The third-order valence-corrected chi connectivity index (χ3v) is 3.48. The first-order valence-electron chi connectivity index (χ1n) is 7.84. The molecule has 1 aromatic carbocycles. The zero-order valence-corrected chi connectivity index (χ0v) is 13.4. The van der Waals surface area contributed by atoms with Crippen LogP contribution in [0.4, 0.5) is 4.39 Å². The third kappa shape index (κ3) is 4.41. The number of hydrogen-bond acceptors (Lipinski definition) is 4. The van der Waals surface area contributed by atoms with Gasteiger partial charge in [-0.3, -0.25) is 9.36 Å². The summed E-state index contributed by atoms with van der Waals surface area (Å²) in [5, 5.41) is 2.81. The molecule has 0 fully saturated rings. The molecule has 0 aliphatic carbocycles. The molecule has 2 aromatic heterocycles. The van der Waals surface area contributed by atoms with Crippen LogP contribution in [0.15, 0.2) is 61.3 Å². The summed E-state index contributed by atoms with van der Waals surface area (Å²) in [6, 6.07) is 9.57. The summed E-state index contributed by atoms with van der Waals surface area (Å²) in [7, 11) is 0. The number of benzene rings is 1. The van der Waals surface area contributed by atoms with Gasteiger partial charge >= 0.3 is 0 Å². The molecule has 25 heavy (non-hydrogen) atoms. The summed E-state index contributed by atoms with van der Waals surface area (Å²) in [6.07, 6.45) is 7.16. The van der Waals surface area contributed by atoms with E-state index >= 15 is 0 Å². The molecule has 6 nitrogen and oxygen atoms in total. The van der Waals surface area contributed by atoms with Crippen LogP contribution in [0.1, 0.15) is 16.8 Å². The molecule has 1 N–H and O–H groups in total. The molecule has 0 radical (unpaired) electrons. The van der Waals surface area contributed by atoms with Crippen molar-refractivity contribution in [3.63, 3.8) is 0 Å². The lowest BCUT2D eigenvalue weighted by Crippen LogP contribution is -2.25. The van der Waals surface area contributed by atoms with E-state index in [1.165, 1.54) is 6.07 Å². The molecule has 0 aliphatic heterocycles. The van der Waals surface area contributed by atoms with Crippen molar-refractivity contribution >= 4 is 5.91 Å². The van der Waals surface area contributed by atoms with E-state index in [2.05, 4.69) is 15.3 Å². The minimum Gasteiger partial charge on any atom is -0.490 e. The zero-order chi connectivity index (χ0) is 17.5. The molecular weight excluding hydrogens is 323 g/mol. The molecule has 2 heterocycles. The summed E-state index contributed by atoms with van der Waals surface area (Å²) in [5.74, 6) is 0.242. The van der Waals surface area contributed by atoms with Crippen molar-refractivity contribution in [3.8, 4) is 11.6 Å². The van der Waals surface area contributed by atoms with Crippen molar-refractivity contribution in [2.45, 2.75) is 6.42 Å². The smallest absolute Gasteiger partial charge is 0.251 e. The van der Waals surface area contributed by atoms with Crippen molar-refractivity contribution in [1.29, 1.82) is 0 Å². The highest BCUT2D eigenvalue weighted by atomic mass is 19.1. The Labute approximate surface area is 144 Å². The SMILES string of the molecule is O=C(NCCCOc1ccccc1F)c1ccnc(-n2ccnc2)c1. The molecule has 0 saturated carbocycles. The second kappa shape index (κ2) is 8.05. The summed E-state index contributed by atoms with van der Waals surface area (Å²) in [4.78, 5) is 20.3. The second-order valence-electron chi connectivity index (χ2n) is 5.26. The van der Waals surface area contributed by atoms with Crippen molar-refractivity contribution in [2.75, 3.05) is 13.2 Å². The Balaban J connectivity index is 1.47. The topological polar surface area (TPSA) is 69.0 Å². The average molecular weight is 340 g/mol. The number of nitrogens with zero attached hydrogens (tertiary/aromatic N) is 3. The highest BCUT2D eigenvalue weighted by Gasteiger charge is 2.07. The number of ether oxygens (including phenoxy) is 1. The van der Waals surface area contributed by atoms with Gasteiger partial charge < -0.3 is 10.1 Å². The van der Waals surface area contributed by atoms with Crippen LogP contribution in [-0.4, -0.2) is 33.6 Å². The number of rotatable bonds is 7. The van der Waals surface area contributed by atoms with Gasteiger partial charge in [0.05, 0.1) is 6.61 Å². The fourth-order valence-corrected chi connectivity index (χ4v) is 2.22. The Morgan fingerprint density at radius 2 is 2.12 bits per heavy atom. The molecule has 3 aromatic rings. The number of imidazole rings is 1. The molecular formula is C18H17FN4O2. The van der Waals surface area contributed by atoms with E-state index in [-0.39, 0.29) is 11.7 Å². The summed E-state index contributed by atoms with van der Waals surface area (Å²) >= 11 is 0. The number of halogens is 1. The quantitative estimate of drug-likeness (QED) is 0.671. The number of amides is 1. The van der Waals surface area contributed by atoms with Gasteiger partial charge in [-0.15, -0.1) is 0 Å². The first-order chi connectivity index (χ1) is 12.2. The van der Waals surface area contributed by atoms with E-state index in [0.29, 0.717) is 31.0 Å². The molecule has 0 saturated heterocycles. The number of nitrogens with one attached hydrogen (secondary N) is 1. The number of pyridine rings is 1. The predicted molar refractivity (Wildman–Crippen MR) is 90.2 cm³/mol. The maximum atomic E-state index is 13.4. The van der Waals surface area contributed by atoms with Crippen LogP contribution in [0.2, 0.25) is 0 Å². The van der Waals surface area contributed by atoms with Gasteiger partial charge in [-0.1, -0.05) is 12.1 Å². The maximum Gasteiger partial charge on any atom is 0.251 e. The fourth-order valence-electron chi connectivity index (χ4n) is 2.22. The fraction of sp³-hybridized carbons (Fsp3) is 0.167. The Morgan fingerprint density at radius 3 is 2.92 bits per heavy atom. The lowest BCUT2D eigenvalue weighted by atomic mass is 10.2. The van der Waals surface area contributed by atoms with E-state index < -0.39 is 5.82 Å². The number of carbonyl (C=O) groups is 1. The van der Waals surface area contributed by atoms with Crippen LogP contribution in [-0.2, 0) is 0 Å². The largest absolute Gasteiger partial charge is 0.490 e. The summed E-state index contributed by atoms with van der Waals surface area (Å²) < 4.78 is 20.5. The molecule has 128 valence electrons. The van der Waals surface area contributed by atoms with Crippen LogP contribution < -0.4 is 10.1 Å². The molecule has 3 rings (SSSR count). The van der Waals surface area contributed by atoms with Crippen LogP contribution in [0.5, 0.6) is 5.75 Å². The molecule has 7 heteroatoms. The Hall–Kier alpha value is -3.22. The van der Waals surface area contributed by atoms with Gasteiger partial charge in [0, 0.05) is 30.7 Å². The standard InChI is InChI=1S/C18H17FN4O2/c19-15-4-1-2-5-16(15)25-11-3-7-22-18(24)14-6-8-21-17(12-14)23-10-9-20-13-23/h1-2,4-6,8-10,12-13H,3,7,11H2,(H,22,24). The van der Waals surface area contributed by atoms with Crippen LogP contribution in [0.25, 0.3) is 5.82 Å². The predicted octanol–water partition coefficient (Wildman–Crippen LogP) is 2.61. The lowest BCUT2D eigenvalue weighted by Gasteiger charge is -2.09. The van der Waals surface area contributed by atoms with E-state index in [1.54, 1.807) is 59.8 Å². The molecule has 0 atom stereocenters. The van der Waals surface area contributed by atoms with E-state index in [0.717, 1.165) is 0 Å². The van der Waals surface area contributed by atoms with Crippen molar-refractivity contribution in [2.24, 2.45) is 0 Å². The summed E-state index contributed by atoms with van der Waals surface area (Å²) in [5.41, 5.74) is 0.508. The van der Waals surface area contributed by atoms with Gasteiger partial charge in [0.1, 0.15) is 12.1 Å². The number of hydrogen-bond donors (Lipinski definition) is 1. The number of para-hydroxylation sites is 1. The van der Waals surface area contributed by atoms with Crippen LogP contribution in [0.3, 0.4) is 0 Å². The van der Waals surface area contributed by atoms with Gasteiger partial charge in [-0.25, -0.2) is 14.4 Å². The van der Waals surface area contributed by atoms with Gasteiger partial charge in [-0.2, -0.15) is 0 Å². The monoisotopic (exact) mass is 340 g/mol. The normalized spacial score (nSPS) is 10.4. The number of carbonyl (C=O) groups excluding carboxylic acids is 1. The summed E-state index contributed by atoms with van der Waals surface area (Å²) in [6.45, 7) is 0.744.